The van der Waals surface area contributed by atoms with Crippen molar-refractivity contribution in [3.05, 3.63) is 69.9 Å². The Morgan fingerprint density at radius 3 is 2.82 bits per heavy atom. The maximum Gasteiger partial charge on any atom is 0.325 e. The van der Waals surface area contributed by atoms with Gasteiger partial charge in [0.1, 0.15) is 17.3 Å². The quantitative estimate of drug-likeness (QED) is 0.543. The Morgan fingerprint density at radius 2 is 2.00 bits per heavy atom. The molecule has 0 spiro atoms. The van der Waals surface area contributed by atoms with Gasteiger partial charge in [0.15, 0.2) is 0 Å². The van der Waals surface area contributed by atoms with Gasteiger partial charge in [-0.2, -0.15) is 0 Å². The fourth-order valence-electron chi connectivity index (χ4n) is 5.01. The van der Waals surface area contributed by atoms with Crippen LogP contribution in [0.5, 0.6) is 5.75 Å². The summed E-state index contributed by atoms with van der Waals surface area (Å²) in [5.41, 5.74) is 4.57. The van der Waals surface area contributed by atoms with Crippen molar-refractivity contribution in [2.45, 2.75) is 45.2 Å². The number of benzene rings is 1. The Morgan fingerprint density at radius 1 is 1.15 bits per heavy atom. The lowest BCUT2D eigenvalue weighted by Crippen LogP contribution is -2.44. The summed E-state index contributed by atoms with van der Waals surface area (Å²) < 4.78 is 12.7. The van der Waals surface area contributed by atoms with Crippen LogP contribution < -0.4 is 10.1 Å². The second-order valence-corrected chi connectivity index (χ2v) is 9.65. The molecule has 1 N–H and O–H groups in total. The van der Waals surface area contributed by atoms with Crippen LogP contribution in [0.1, 0.15) is 53.1 Å². The summed E-state index contributed by atoms with van der Waals surface area (Å²) >= 11 is 1.85. The highest BCUT2D eigenvalue weighted by Crippen LogP contribution is 2.44. The van der Waals surface area contributed by atoms with E-state index in [1.54, 1.807) is 14.0 Å². The van der Waals surface area contributed by atoms with E-state index in [1.165, 1.54) is 33.8 Å². The molecule has 1 atom stereocenters. The van der Waals surface area contributed by atoms with Gasteiger partial charge in [-0.05, 0) is 68.0 Å². The number of ether oxygens (including phenoxy) is 2. The van der Waals surface area contributed by atoms with Crippen LogP contribution in [0.15, 0.2) is 42.6 Å². The number of rotatable bonds is 5. The Bertz CT molecular complexity index is 1210. The minimum atomic E-state index is -0.444. The zero-order valence-electron chi connectivity index (χ0n) is 19.5. The minimum absolute atomic E-state index is 0.163. The lowest BCUT2D eigenvalue weighted by molar-refractivity contribution is -0.141. The third-order valence-electron chi connectivity index (χ3n) is 6.54. The lowest BCUT2D eigenvalue weighted by atomic mass is 9.95. The van der Waals surface area contributed by atoms with Gasteiger partial charge in [0.25, 0.3) is 0 Å². The van der Waals surface area contributed by atoms with Gasteiger partial charge in [0.05, 0.1) is 32.0 Å². The Labute approximate surface area is 203 Å². The molecule has 1 aliphatic carbocycles. The third kappa shape index (κ3) is 4.07. The monoisotopic (exact) mass is 479 g/mol. The molecule has 0 bridgehead atoms. The molecule has 1 aromatic carbocycles. The molecule has 34 heavy (non-hydrogen) atoms. The lowest BCUT2D eigenvalue weighted by Gasteiger charge is -2.31. The molecule has 2 aromatic heterocycles. The van der Waals surface area contributed by atoms with E-state index >= 15 is 0 Å². The molecule has 7 nitrogen and oxygen atoms in total. The first kappa shape index (κ1) is 22.5. The van der Waals surface area contributed by atoms with E-state index in [-0.39, 0.29) is 25.2 Å². The van der Waals surface area contributed by atoms with Crippen molar-refractivity contribution >= 4 is 23.3 Å². The van der Waals surface area contributed by atoms with Gasteiger partial charge in [0.2, 0.25) is 0 Å². The highest BCUT2D eigenvalue weighted by molar-refractivity contribution is 7.15. The van der Waals surface area contributed by atoms with E-state index in [1.807, 2.05) is 46.6 Å². The fraction of sp³-hybridized carbons (Fsp3) is 0.385. The molecule has 0 radical (unpaired) electrons. The molecule has 3 aromatic rings. The number of esters is 1. The predicted molar refractivity (Wildman–Crippen MR) is 131 cm³/mol. The van der Waals surface area contributed by atoms with Gasteiger partial charge in [-0.3, -0.25) is 4.79 Å². The molecule has 2 amide bonds. The molecule has 1 aliphatic heterocycles. The average molecular weight is 480 g/mol. The van der Waals surface area contributed by atoms with Gasteiger partial charge in [-0.1, -0.05) is 12.1 Å². The van der Waals surface area contributed by atoms with Crippen LogP contribution in [0.2, 0.25) is 0 Å². The largest absolute Gasteiger partial charge is 0.497 e. The SMILES string of the molecule is CCOC(=O)CNC(=O)N1Cc2c(sc3c2CCCC3)-n2cccc2[C@H]1c1cccc(OC)c1. The zero-order chi connectivity index (χ0) is 23.7. The summed E-state index contributed by atoms with van der Waals surface area (Å²) in [5.74, 6) is 0.291. The van der Waals surface area contributed by atoms with Crippen molar-refractivity contribution in [3.8, 4) is 10.8 Å². The third-order valence-corrected chi connectivity index (χ3v) is 7.87. The standard InChI is InChI=1S/C26H29N3O4S/c1-3-33-23(30)15-27-26(31)29-16-20-19-10-4-5-12-22(19)34-25(20)28-13-7-11-21(28)24(29)17-8-6-9-18(14-17)32-2/h6-9,11,13-14,24H,3-5,10,12,15-16H2,1-2H3,(H,27,31)/t24-/m1/s1. The van der Waals surface area contributed by atoms with E-state index in [2.05, 4.69) is 22.1 Å². The van der Waals surface area contributed by atoms with Crippen molar-refractivity contribution in [2.24, 2.45) is 0 Å². The number of nitrogens with one attached hydrogen (secondary N) is 1. The predicted octanol–water partition coefficient (Wildman–Crippen LogP) is 4.60. The number of amides is 2. The molecular formula is C26H29N3O4S. The maximum atomic E-state index is 13.6. The van der Waals surface area contributed by atoms with Crippen molar-refractivity contribution in [2.75, 3.05) is 20.3 Å². The van der Waals surface area contributed by atoms with Gasteiger partial charge in [0, 0.05) is 16.6 Å². The summed E-state index contributed by atoms with van der Waals surface area (Å²) in [6, 6.07) is 11.3. The normalized spacial score (nSPS) is 16.6. The number of hydrogen-bond acceptors (Lipinski definition) is 5. The molecular weight excluding hydrogens is 450 g/mol. The number of carbonyl (C=O) groups excluding carboxylic acids is 2. The molecule has 5 rings (SSSR count). The zero-order valence-corrected chi connectivity index (χ0v) is 20.3. The summed E-state index contributed by atoms with van der Waals surface area (Å²) in [5, 5.41) is 3.99. The van der Waals surface area contributed by atoms with Gasteiger partial charge in [-0.15, -0.1) is 11.3 Å². The molecule has 178 valence electrons. The summed E-state index contributed by atoms with van der Waals surface area (Å²) in [4.78, 5) is 28.8. The van der Waals surface area contributed by atoms with E-state index in [0.717, 1.165) is 29.8 Å². The highest BCUT2D eigenvalue weighted by Gasteiger charge is 2.36. The van der Waals surface area contributed by atoms with Crippen LogP contribution in [0.25, 0.3) is 5.00 Å². The number of nitrogens with zero attached hydrogens (tertiary/aromatic N) is 2. The van der Waals surface area contributed by atoms with Crippen molar-refractivity contribution in [1.82, 2.24) is 14.8 Å². The number of thiophene rings is 1. The Kier molecular flexibility index (Phi) is 6.32. The van der Waals surface area contributed by atoms with Crippen molar-refractivity contribution < 1.29 is 19.1 Å². The molecule has 8 heteroatoms. The Hall–Kier alpha value is -3.26. The maximum absolute atomic E-state index is 13.6. The van der Waals surface area contributed by atoms with E-state index < -0.39 is 5.97 Å². The number of hydrogen-bond donors (Lipinski definition) is 1. The number of aromatic nitrogens is 1. The minimum Gasteiger partial charge on any atom is -0.497 e. The van der Waals surface area contributed by atoms with Crippen LogP contribution in [-0.2, 0) is 28.9 Å². The second-order valence-electron chi connectivity index (χ2n) is 8.57. The van der Waals surface area contributed by atoms with Crippen LogP contribution in [0.3, 0.4) is 0 Å². The molecule has 0 saturated carbocycles. The van der Waals surface area contributed by atoms with E-state index in [9.17, 15) is 9.59 Å². The molecule has 0 saturated heterocycles. The van der Waals surface area contributed by atoms with Crippen molar-refractivity contribution in [3.63, 3.8) is 0 Å². The number of aryl methyl sites for hydroxylation is 1. The van der Waals surface area contributed by atoms with E-state index in [4.69, 9.17) is 9.47 Å². The highest BCUT2D eigenvalue weighted by atomic mass is 32.1. The molecule has 3 heterocycles. The molecule has 2 aliphatic rings. The van der Waals surface area contributed by atoms with Gasteiger partial charge in [-0.25, -0.2) is 4.79 Å². The first-order chi connectivity index (χ1) is 16.6. The van der Waals surface area contributed by atoms with Gasteiger partial charge >= 0.3 is 12.0 Å². The summed E-state index contributed by atoms with van der Waals surface area (Å²) in [7, 11) is 1.64. The average Bonchev–Trinajstić information content (AvgIpc) is 3.44. The van der Waals surface area contributed by atoms with Crippen LogP contribution in [0.4, 0.5) is 4.79 Å². The first-order valence-electron chi connectivity index (χ1n) is 11.8. The Balaban J connectivity index is 1.61. The fourth-order valence-corrected chi connectivity index (χ4v) is 6.41. The van der Waals surface area contributed by atoms with Gasteiger partial charge < -0.3 is 24.3 Å². The smallest absolute Gasteiger partial charge is 0.325 e. The van der Waals surface area contributed by atoms with Crippen LogP contribution >= 0.6 is 11.3 Å². The molecule has 0 fully saturated rings. The van der Waals surface area contributed by atoms with Crippen LogP contribution in [-0.4, -0.2) is 41.7 Å². The first-order valence-corrected chi connectivity index (χ1v) is 12.6. The molecule has 0 unspecified atom stereocenters. The number of fused-ring (bicyclic) bond motifs is 5. The summed E-state index contributed by atoms with van der Waals surface area (Å²) in [6.07, 6.45) is 6.60. The van der Waals surface area contributed by atoms with E-state index in [0.29, 0.717) is 6.54 Å². The number of carbonyl (C=O) groups is 2. The van der Waals surface area contributed by atoms with Crippen molar-refractivity contribution in [1.29, 1.82) is 0 Å². The second kappa shape index (κ2) is 9.54. The number of methoxy groups -OCH3 is 1. The topological polar surface area (TPSA) is 72.8 Å². The van der Waals surface area contributed by atoms with Crippen LogP contribution in [0, 0.1) is 0 Å². The number of urea groups is 1. The summed E-state index contributed by atoms with van der Waals surface area (Å²) in [6.45, 7) is 2.34.